The number of nitrogen functional groups attached to an aromatic ring is 1. The van der Waals surface area contributed by atoms with E-state index in [9.17, 15) is 9.59 Å². The molecule has 28 heavy (non-hydrogen) atoms. The Labute approximate surface area is 171 Å². The van der Waals surface area contributed by atoms with Crippen molar-refractivity contribution in [2.75, 3.05) is 11.1 Å². The Bertz CT molecular complexity index is 1160. The van der Waals surface area contributed by atoms with E-state index in [1.54, 1.807) is 30.3 Å². The zero-order chi connectivity index (χ0) is 20.2. The molecule has 0 spiro atoms. The first kappa shape index (κ1) is 18.4. The summed E-state index contributed by atoms with van der Waals surface area (Å²) in [5, 5.41) is 3.39. The molecule has 0 aliphatic heterocycles. The molecule has 3 N–H and O–H groups in total. The summed E-state index contributed by atoms with van der Waals surface area (Å²) in [5.41, 5.74) is 12.6. The highest BCUT2D eigenvalue weighted by atomic mass is 79.9. The van der Waals surface area contributed by atoms with Crippen LogP contribution in [0.2, 0.25) is 0 Å². The summed E-state index contributed by atoms with van der Waals surface area (Å²) in [6, 6.07) is 12.8. The molecule has 5 heteroatoms. The van der Waals surface area contributed by atoms with Crippen LogP contribution >= 0.6 is 15.9 Å². The summed E-state index contributed by atoms with van der Waals surface area (Å²) in [6.07, 6.45) is 0. The van der Waals surface area contributed by atoms with E-state index in [4.69, 9.17) is 5.73 Å². The number of ketones is 2. The van der Waals surface area contributed by atoms with Crippen molar-refractivity contribution < 1.29 is 9.59 Å². The normalized spacial score (nSPS) is 12.6. The highest BCUT2D eigenvalue weighted by Gasteiger charge is 2.34. The maximum absolute atomic E-state index is 13.3. The van der Waals surface area contributed by atoms with E-state index in [-0.39, 0.29) is 22.8 Å². The molecule has 1 aliphatic carbocycles. The number of nitrogens with one attached hydrogen (secondary N) is 1. The minimum Gasteiger partial charge on any atom is -0.397 e. The Morgan fingerprint density at radius 3 is 1.96 bits per heavy atom. The Hall–Kier alpha value is -2.92. The molecule has 3 aromatic carbocycles. The standard InChI is InChI=1S/C23H19BrN2O2/c1-11-8-12(2)21(13(3)9-11)26-17-10-16(24)20(25)19-18(17)22(27)14-6-4-5-7-15(14)23(19)28/h4-10,26H,25H2,1-3H3. The Morgan fingerprint density at radius 1 is 0.857 bits per heavy atom. The Kier molecular flexibility index (Phi) is 4.35. The van der Waals surface area contributed by atoms with Crippen molar-refractivity contribution in [1.82, 2.24) is 0 Å². The minimum atomic E-state index is -0.232. The number of hydrogen-bond acceptors (Lipinski definition) is 4. The number of aryl methyl sites for hydroxylation is 3. The molecule has 0 radical (unpaired) electrons. The number of anilines is 3. The summed E-state index contributed by atoms with van der Waals surface area (Å²) in [6.45, 7) is 6.08. The lowest BCUT2D eigenvalue weighted by Gasteiger charge is -2.24. The molecule has 0 saturated heterocycles. The summed E-state index contributed by atoms with van der Waals surface area (Å²) >= 11 is 3.45. The monoisotopic (exact) mass is 434 g/mol. The second-order valence-electron chi connectivity index (χ2n) is 7.17. The second kappa shape index (κ2) is 6.60. The van der Waals surface area contributed by atoms with Crippen molar-refractivity contribution in [2.45, 2.75) is 20.8 Å². The molecule has 0 aromatic heterocycles. The summed E-state index contributed by atoms with van der Waals surface area (Å²) < 4.78 is 0.580. The Balaban J connectivity index is 1.96. The van der Waals surface area contributed by atoms with E-state index in [2.05, 4.69) is 33.4 Å². The first-order valence-corrected chi connectivity index (χ1v) is 9.74. The van der Waals surface area contributed by atoms with Crippen LogP contribution in [0, 0.1) is 20.8 Å². The van der Waals surface area contributed by atoms with Gasteiger partial charge in [-0.2, -0.15) is 0 Å². The van der Waals surface area contributed by atoms with Crippen molar-refractivity contribution in [3.63, 3.8) is 0 Å². The van der Waals surface area contributed by atoms with Gasteiger partial charge in [-0.15, -0.1) is 0 Å². The van der Waals surface area contributed by atoms with Crippen LogP contribution in [0.3, 0.4) is 0 Å². The van der Waals surface area contributed by atoms with Crippen LogP contribution in [0.15, 0.2) is 46.9 Å². The third-order valence-corrected chi connectivity index (χ3v) is 5.78. The van der Waals surface area contributed by atoms with Gasteiger partial charge in [-0.1, -0.05) is 42.0 Å². The zero-order valence-corrected chi connectivity index (χ0v) is 17.4. The molecule has 0 unspecified atom stereocenters. The smallest absolute Gasteiger partial charge is 0.196 e. The number of carbonyl (C=O) groups is 2. The largest absolute Gasteiger partial charge is 0.397 e. The van der Waals surface area contributed by atoms with E-state index in [1.165, 1.54) is 5.56 Å². The number of fused-ring (bicyclic) bond motifs is 2. The molecular weight excluding hydrogens is 416 g/mol. The van der Waals surface area contributed by atoms with Gasteiger partial charge in [0.15, 0.2) is 11.6 Å². The molecule has 0 heterocycles. The van der Waals surface area contributed by atoms with Gasteiger partial charge in [0.1, 0.15) is 0 Å². The molecule has 0 saturated carbocycles. The molecular formula is C23H19BrN2O2. The fourth-order valence-corrected chi connectivity index (χ4v) is 4.32. The Morgan fingerprint density at radius 2 is 1.39 bits per heavy atom. The highest BCUT2D eigenvalue weighted by molar-refractivity contribution is 9.10. The molecule has 1 aliphatic rings. The maximum Gasteiger partial charge on any atom is 0.196 e. The number of benzene rings is 3. The van der Waals surface area contributed by atoms with Crippen LogP contribution in [0.4, 0.5) is 17.1 Å². The van der Waals surface area contributed by atoms with Crippen LogP contribution < -0.4 is 11.1 Å². The predicted octanol–water partition coefficient (Wildman–Crippen LogP) is 5.48. The predicted molar refractivity (Wildman–Crippen MR) is 116 cm³/mol. The van der Waals surface area contributed by atoms with Gasteiger partial charge in [0.05, 0.1) is 22.5 Å². The van der Waals surface area contributed by atoms with Crippen LogP contribution in [0.1, 0.15) is 48.5 Å². The van der Waals surface area contributed by atoms with Gasteiger partial charge < -0.3 is 11.1 Å². The molecule has 0 amide bonds. The van der Waals surface area contributed by atoms with Crippen LogP contribution in [-0.4, -0.2) is 11.6 Å². The van der Waals surface area contributed by atoms with E-state index in [0.29, 0.717) is 26.9 Å². The highest BCUT2D eigenvalue weighted by Crippen LogP contribution is 2.41. The fourth-order valence-electron chi connectivity index (χ4n) is 3.90. The lowest BCUT2D eigenvalue weighted by atomic mass is 9.82. The van der Waals surface area contributed by atoms with Gasteiger partial charge in [0.2, 0.25) is 0 Å². The SMILES string of the molecule is Cc1cc(C)c(Nc2cc(Br)c(N)c3c2C(=O)c2ccccc2C3=O)c(C)c1. The number of hydrogen-bond donors (Lipinski definition) is 2. The molecule has 0 bridgehead atoms. The lowest BCUT2D eigenvalue weighted by molar-refractivity contribution is 0.0980. The minimum absolute atomic E-state index is 0.200. The summed E-state index contributed by atoms with van der Waals surface area (Å²) in [4.78, 5) is 26.4. The fraction of sp³-hybridized carbons (Fsp3) is 0.130. The van der Waals surface area contributed by atoms with Crippen LogP contribution in [0.5, 0.6) is 0 Å². The molecule has 140 valence electrons. The van der Waals surface area contributed by atoms with Crippen molar-refractivity contribution in [2.24, 2.45) is 0 Å². The number of halogens is 1. The topological polar surface area (TPSA) is 72.2 Å². The summed E-state index contributed by atoms with van der Waals surface area (Å²) in [7, 11) is 0. The third kappa shape index (κ3) is 2.74. The van der Waals surface area contributed by atoms with Crippen molar-refractivity contribution in [3.8, 4) is 0 Å². The van der Waals surface area contributed by atoms with E-state index < -0.39 is 0 Å². The van der Waals surface area contributed by atoms with Gasteiger partial charge >= 0.3 is 0 Å². The molecule has 0 fully saturated rings. The van der Waals surface area contributed by atoms with Crippen molar-refractivity contribution in [1.29, 1.82) is 0 Å². The van der Waals surface area contributed by atoms with Gasteiger partial charge in [-0.25, -0.2) is 0 Å². The second-order valence-corrected chi connectivity index (χ2v) is 8.03. The van der Waals surface area contributed by atoms with Gasteiger partial charge in [-0.05, 0) is 53.9 Å². The van der Waals surface area contributed by atoms with Gasteiger partial charge in [0.25, 0.3) is 0 Å². The number of nitrogens with two attached hydrogens (primary N) is 1. The third-order valence-electron chi connectivity index (χ3n) is 5.12. The first-order valence-electron chi connectivity index (χ1n) is 8.95. The molecule has 3 aromatic rings. The van der Waals surface area contributed by atoms with Crippen molar-refractivity contribution >= 4 is 44.6 Å². The van der Waals surface area contributed by atoms with Gasteiger partial charge in [0, 0.05) is 21.3 Å². The van der Waals surface area contributed by atoms with E-state index >= 15 is 0 Å². The number of carbonyl (C=O) groups excluding carboxylic acids is 2. The lowest BCUT2D eigenvalue weighted by Crippen LogP contribution is -2.24. The maximum atomic E-state index is 13.3. The van der Waals surface area contributed by atoms with Crippen molar-refractivity contribution in [3.05, 3.63) is 85.9 Å². The van der Waals surface area contributed by atoms with Gasteiger partial charge in [-0.3, -0.25) is 9.59 Å². The number of rotatable bonds is 2. The zero-order valence-electron chi connectivity index (χ0n) is 15.8. The average Bonchev–Trinajstić information content (AvgIpc) is 2.65. The van der Waals surface area contributed by atoms with Crippen LogP contribution in [-0.2, 0) is 0 Å². The molecule has 4 nitrogen and oxygen atoms in total. The molecule has 4 rings (SSSR count). The average molecular weight is 435 g/mol. The quantitative estimate of drug-likeness (QED) is 0.410. The summed E-state index contributed by atoms with van der Waals surface area (Å²) in [5.74, 6) is -0.432. The van der Waals surface area contributed by atoms with E-state index in [0.717, 1.165) is 16.8 Å². The van der Waals surface area contributed by atoms with Crippen LogP contribution in [0.25, 0.3) is 0 Å². The van der Waals surface area contributed by atoms with E-state index in [1.807, 2.05) is 20.8 Å². The molecule has 0 atom stereocenters. The first-order chi connectivity index (χ1) is 13.3.